The van der Waals surface area contributed by atoms with Crippen molar-refractivity contribution in [2.75, 3.05) is 0 Å². The fourth-order valence-electron chi connectivity index (χ4n) is 5.69. The normalized spacial score (nSPS) is 35.1. The van der Waals surface area contributed by atoms with Gasteiger partial charge in [-0.25, -0.2) is 0 Å². The Balaban J connectivity index is 1.36. The maximum absolute atomic E-state index is 6.27. The van der Waals surface area contributed by atoms with Gasteiger partial charge < -0.3 is 0 Å². The summed E-state index contributed by atoms with van der Waals surface area (Å²) in [6, 6.07) is 12.8. The van der Waals surface area contributed by atoms with Crippen LogP contribution in [0.25, 0.3) is 10.8 Å². The van der Waals surface area contributed by atoms with Crippen molar-refractivity contribution < 1.29 is 0 Å². The summed E-state index contributed by atoms with van der Waals surface area (Å²) in [7, 11) is 0. The van der Waals surface area contributed by atoms with E-state index in [-0.39, 0.29) is 0 Å². The lowest BCUT2D eigenvalue weighted by Crippen LogP contribution is -2.56. The summed E-state index contributed by atoms with van der Waals surface area (Å²) in [5, 5.41) is 3.22. The number of rotatable bonds is 3. The van der Waals surface area contributed by atoms with E-state index >= 15 is 0 Å². The second-order valence-electron chi connectivity index (χ2n) is 8.02. The molecule has 0 aliphatic heterocycles. The first kappa shape index (κ1) is 14.6. The number of benzene rings is 2. The van der Waals surface area contributed by atoms with E-state index in [1.165, 1.54) is 48.8 Å². The maximum Gasteiger partial charge on any atom is 0.0484 e. The smallest absolute Gasteiger partial charge is 0.0484 e. The molecule has 1 N–H and O–H groups in total. The van der Waals surface area contributed by atoms with Gasteiger partial charge in [0.2, 0.25) is 0 Å². The molecule has 0 spiro atoms. The molecule has 6 rings (SSSR count). The zero-order valence-corrected chi connectivity index (χ0v) is 14.8. The first-order valence-electron chi connectivity index (χ1n) is 8.81. The summed E-state index contributed by atoms with van der Waals surface area (Å²) in [4.78, 5) is 1.30. The lowest BCUT2D eigenvalue weighted by molar-refractivity contribution is -0.00682. The minimum absolute atomic E-state index is 0.405. The molecule has 0 atom stereocenters. The number of fused-ring (bicyclic) bond motifs is 1. The third-order valence-corrected chi connectivity index (χ3v) is 7.58. The Morgan fingerprint density at radius 2 is 1.65 bits per heavy atom. The standard InChI is InChI=1S/C20H22ClNS/c21-19-3-1-2-16-9-17(4-5-18(16)19)23-22-20-10-13-6-14(11-20)8-15(7-13)12-20/h1-5,9,13-15,22H,6-8,10-12H2. The second kappa shape index (κ2) is 5.40. The van der Waals surface area contributed by atoms with Crippen molar-refractivity contribution in [2.24, 2.45) is 17.8 Å². The van der Waals surface area contributed by atoms with Gasteiger partial charge in [-0.2, -0.15) is 0 Å². The lowest BCUT2D eigenvalue weighted by Gasteiger charge is -2.56. The minimum Gasteiger partial charge on any atom is -0.254 e. The highest BCUT2D eigenvalue weighted by atomic mass is 35.5. The Morgan fingerprint density at radius 1 is 0.957 bits per heavy atom. The Labute approximate surface area is 147 Å². The number of nitrogens with one attached hydrogen (secondary N) is 1. The highest BCUT2D eigenvalue weighted by Gasteiger charge is 2.50. The van der Waals surface area contributed by atoms with Crippen LogP contribution in [0.5, 0.6) is 0 Å². The molecule has 0 aromatic heterocycles. The molecule has 4 aliphatic rings. The van der Waals surface area contributed by atoms with E-state index in [0.717, 1.165) is 28.2 Å². The molecule has 1 nitrogen and oxygen atoms in total. The summed E-state index contributed by atoms with van der Waals surface area (Å²) < 4.78 is 3.91. The maximum atomic E-state index is 6.27. The molecular weight excluding hydrogens is 322 g/mol. The van der Waals surface area contributed by atoms with E-state index in [1.807, 2.05) is 24.1 Å². The van der Waals surface area contributed by atoms with Crippen LogP contribution >= 0.6 is 23.5 Å². The highest BCUT2D eigenvalue weighted by molar-refractivity contribution is 7.97. The molecule has 2 aromatic rings. The van der Waals surface area contributed by atoms with Crippen LogP contribution < -0.4 is 4.72 Å². The van der Waals surface area contributed by atoms with Crippen LogP contribution in [0.15, 0.2) is 41.3 Å². The average Bonchev–Trinajstić information content (AvgIpc) is 2.52. The van der Waals surface area contributed by atoms with Gasteiger partial charge in [-0.1, -0.05) is 29.8 Å². The van der Waals surface area contributed by atoms with Gasteiger partial charge in [0.25, 0.3) is 0 Å². The summed E-state index contributed by atoms with van der Waals surface area (Å²) in [6.45, 7) is 0. The zero-order valence-electron chi connectivity index (χ0n) is 13.2. The summed E-state index contributed by atoms with van der Waals surface area (Å²) in [5.41, 5.74) is 0.405. The van der Waals surface area contributed by atoms with Crippen molar-refractivity contribution in [3.8, 4) is 0 Å². The summed E-state index contributed by atoms with van der Waals surface area (Å²) >= 11 is 8.11. The topological polar surface area (TPSA) is 12.0 Å². The quantitative estimate of drug-likeness (QED) is 0.680. The van der Waals surface area contributed by atoms with Crippen LogP contribution in [0.4, 0.5) is 0 Å². The van der Waals surface area contributed by atoms with E-state index < -0.39 is 0 Å². The highest BCUT2D eigenvalue weighted by Crippen LogP contribution is 2.56. The fraction of sp³-hybridized carbons (Fsp3) is 0.500. The molecule has 23 heavy (non-hydrogen) atoms. The molecule has 4 aliphatic carbocycles. The van der Waals surface area contributed by atoms with Gasteiger partial charge in [-0.3, -0.25) is 4.72 Å². The Morgan fingerprint density at radius 3 is 2.35 bits per heavy atom. The van der Waals surface area contributed by atoms with Crippen molar-refractivity contribution >= 4 is 34.3 Å². The molecule has 4 saturated carbocycles. The summed E-state index contributed by atoms with van der Waals surface area (Å²) in [6.07, 6.45) is 8.68. The van der Waals surface area contributed by atoms with Gasteiger partial charge in [-0.15, -0.1) is 0 Å². The number of hydrogen-bond acceptors (Lipinski definition) is 2. The van der Waals surface area contributed by atoms with Gasteiger partial charge in [0.05, 0.1) is 0 Å². The first-order valence-corrected chi connectivity index (χ1v) is 10.0. The van der Waals surface area contributed by atoms with Gasteiger partial charge in [-0.05, 0) is 91.8 Å². The Hall–Kier alpha value is -0.700. The largest absolute Gasteiger partial charge is 0.254 e. The lowest BCUT2D eigenvalue weighted by atomic mass is 9.53. The minimum atomic E-state index is 0.405. The third kappa shape index (κ3) is 2.59. The summed E-state index contributed by atoms with van der Waals surface area (Å²) in [5.74, 6) is 2.97. The van der Waals surface area contributed by atoms with Crippen molar-refractivity contribution in [1.82, 2.24) is 4.72 Å². The van der Waals surface area contributed by atoms with E-state index in [2.05, 4.69) is 29.0 Å². The van der Waals surface area contributed by atoms with Gasteiger partial charge in [0, 0.05) is 20.8 Å². The van der Waals surface area contributed by atoms with Crippen LogP contribution in [-0.4, -0.2) is 5.54 Å². The Bertz CT molecular complexity index is 721. The van der Waals surface area contributed by atoms with Crippen LogP contribution in [0.2, 0.25) is 5.02 Å². The molecule has 0 radical (unpaired) electrons. The molecular formula is C20H22ClNS. The predicted molar refractivity (Wildman–Crippen MR) is 98.9 cm³/mol. The van der Waals surface area contributed by atoms with Gasteiger partial charge in [0.15, 0.2) is 0 Å². The second-order valence-corrected chi connectivity index (χ2v) is 9.31. The van der Waals surface area contributed by atoms with Crippen LogP contribution in [0.1, 0.15) is 38.5 Å². The van der Waals surface area contributed by atoms with Crippen molar-refractivity contribution in [2.45, 2.75) is 49.0 Å². The van der Waals surface area contributed by atoms with Gasteiger partial charge in [0.1, 0.15) is 0 Å². The average molecular weight is 344 g/mol. The van der Waals surface area contributed by atoms with Crippen molar-refractivity contribution in [3.63, 3.8) is 0 Å². The van der Waals surface area contributed by atoms with E-state index in [0.29, 0.717) is 5.54 Å². The van der Waals surface area contributed by atoms with E-state index in [1.54, 1.807) is 0 Å². The Kier molecular flexibility index (Phi) is 3.44. The molecule has 0 amide bonds. The molecule has 2 aromatic carbocycles. The number of hydrogen-bond donors (Lipinski definition) is 1. The van der Waals surface area contributed by atoms with E-state index in [9.17, 15) is 0 Å². The monoisotopic (exact) mass is 343 g/mol. The molecule has 120 valence electrons. The van der Waals surface area contributed by atoms with Crippen LogP contribution in [-0.2, 0) is 0 Å². The fourth-order valence-corrected chi connectivity index (χ4v) is 6.84. The van der Waals surface area contributed by atoms with Crippen LogP contribution in [0.3, 0.4) is 0 Å². The van der Waals surface area contributed by atoms with Crippen LogP contribution in [0, 0.1) is 17.8 Å². The number of halogens is 1. The molecule has 4 bridgehead atoms. The molecule has 4 fully saturated rings. The molecule has 0 unspecified atom stereocenters. The predicted octanol–water partition coefficient (Wildman–Crippen LogP) is 6.06. The SMILES string of the molecule is Clc1cccc2cc(SNC34CC5CC(CC(C5)C3)C4)ccc12. The van der Waals surface area contributed by atoms with E-state index in [4.69, 9.17) is 11.6 Å². The van der Waals surface area contributed by atoms with Gasteiger partial charge >= 0.3 is 0 Å². The third-order valence-electron chi connectivity index (χ3n) is 6.22. The van der Waals surface area contributed by atoms with Crippen molar-refractivity contribution in [3.05, 3.63) is 41.4 Å². The first-order chi connectivity index (χ1) is 11.2. The zero-order chi connectivity index (χ0) is 15.4. The molecule has 3 heteroatoms. The molecule has 0 saturated heterocycles. The molecule has 0 heterocycles. The van der Waals surface area contributed by atoms with Crippen molar-refractivity contribution in [1.29, 1.82) is 0 Å².